The largest absolute Gasteiger partial charge is 0.215 e. The number of hydrogen-bond acceptors (Lipinski definition) is 2. The van der Waals surface area contributed by atoms with E-state index in [0.29, 0.717) is 16.4 Å². The second kappa shape index (κ2) is 4.76. The third-order valence-electron chi connectivity index (χ3n) is 1.89. The van der Waals surface area contributed by atoms with Crippen molar-refractivity contribution in [2.24, 2.45) is 0 Å². The van der Waals surface area contributed by atoms with E-state index in [1.807, 2.05) is 12.1 Å². The Morgan fingerprint density at radius 2 is 1.38 bits per heavy atom. The molecule has 1 heterocycles. The van der Waals surface area contributed by atoms with Gasteiger partial charge in [-0.15, -0.1) is 0 Å². The highest BCUT2D eigenvalue weighted by Crippen LogP contribution is 2.31. The average Bonchev–Trinajstić information content (AvgIpc) is 2.26. The topological polar surface area (TPSA) is 25.8 Å². The van der Waals surface area contributed by atoms with Crippen LogP contribution in [0.4, 0.5) is 0 Å². The van der Waals surface area contributed by atoms with E-state index in [2.05, 4.69) is 9.97 Å². The molecule has 16 heavy (non-hydrogen) atoms. The fourth-order valence-corrected chi connectivity index (χ4v) is 1.85. The molecule has 0 bridgehead atoms. The Kier molecular flexibility index (Phi) is 3.55. The molecule has 1 aromatic carbocycles. The Balaban J connectivity index is 2.62. The maximum Gasteiger partial charge on any atom is 0.164 e. The number of hydrogen-bond donors (Lipinski definition) is 0. The minimum Gasteiger partial charge on any atom is -0.215 e. The monoisotopic (exact) mass is 292 g/mol. The molecule has 0 aliphatic carbocycles. The van der Waals surface area contributed by atoms with Crippen molar-refractivity contribution in [3.05, 3.63) is 44.6 Å². The summed E-state index contributed by atoms with van der Waals surface area (Å²) < 4.78 is 0. The van der Waals surface area contributed by atoms with Crippen LogP contribution in [0.25, 0.3) is 11.4 Å². The highest BCUT2D eigenvalue weighted by Gasteiger charge is 2.12. The Morgan fingerprint density at radius 1 is 0.812 bits per heavy atom. The van der Waals surface area contributed by atoms with E-state index in [0.717, 1.165) is 0 Å². The first-order valence-electron chi connectivity index (χ1n) is 4.23. The van der Waals surface area contributed by atoms with E-state index in [4.69, 9.17) is 46.4 Å². The van der Waals surface area contributed by atoms with Crippen LogP contribution in [-0.2, 0) is 0 Å². The van der Waals surface area contributed by atoms with Crippen molar-refractivity contribution in [1.82, 2.24) is 9.97 Å². The molecule has 1 aromatic heterocycles. The van der Waals surface area contributed by atoms with Crippen molar-refractivity contribution in [3.8, 4) is 11.4 Å². The summed E-state index contributed by atoms with van der Waals surface area (Å²) in [5.41, 5.74) is 0.657. The maximum absolute atomic E-state index is 6.00. The van der Waals surface area contributed by atoms with E-state index in [9.17, 15) is 0 Å². The van der Waals surface area contributed by atoms with Gasteiger partial charge in [-0.1, -0.05) is 58.5 Å². The molecule has 0 atom stereocenters. The molecule has 0 saturated carbocycles. The van der Waals surface area contributed by atoms with E-state index >= 15 is 0 Å². The molecular weight excluding hydrogens is 290 g/mol. The Labute approximate surface area is 112 Å². The summed E-state index contributed by atoms with van der Waals surface area (Å²) >= 11 is 23.4. The third kappa shape index (κ3) is 2.25. The summed E-state index contributed by atoms with van der Waals surface area (Å²) in [4.78, 5) is 8.04. The molecule has 0 aliphatic rings. The van der Waals surface area contributed by atoms with Crippen LogP contribution in [0.5, 0.6) is 0 Å². The highest BCUT2D eigenvalue weighted by atomic mass is 35.5. The van der Waals surface area contributed by atoms with Gasteiger partial charge >= 0.3 is 0 Å². The predicted octanol–water partition coefficient (Wildman–Crippen LogP) is 4.76. The molecule has 0 amide bonds. The lowest BCUT2D eigenvalue weighted by atomic mass is 10.2. The van der Waals surface area contributed by atoms with Gasteiger partial charge in [-0.05, 0) is 12.1 Å². The molecular formula is C10H4Cl4N2. The molecule has 0 spiro atoms. The summed E-state index contributed by atoms with van der Waals surface area (Å²) in [6, 6.07) is 7.14. The maximum atomic E-state index is 6.00. The Morgan fingerprint density at radius 3 is 1.94 bits per heavy atom. The van der Waals surface area contributed by atoms with Gasteiger partial charge in [-0.3, -0.25) is 0 Å². The smallest absolute Gasteiger partial charge is 0.164 e. The van der Waals surface area contributed by atoms with Gasteiger partial charge in [0.15, 0.2) is 16.1 Å². The average molecular weight is 294 g/mol. The van der Waals surface area contributed by atoms with Crippen molar-refractivity contribution in [2.45, 2.75) is 0 Å². The summed E-state index contributed by atoms with van der Waals surface area (Å²) in [6.07, 6.45) is 0. The minimum absolute atomic E-state index is 0.108. The lowest BCUT2D eigenvalue weighted by Crippen LogP contribution is -1.92. The standard InChI is InChI=1S/C10H4Cl4N2/c11-6-4-2-1-3-5(6)10-15-8(13)7(12)9(14)16-10/h1-4H. The van der Waals surface area contributed by atoms with E-state index in [1.165, 1.54) is 0 Å². The van der Waals surface area contributed by atoms with Crippen molar-refractivity contribution in [2.75, 3.05) is 0 Å². The van der Waals surface area contributed by atoms with Crippen molar-refractivity contribution in [3.63, 3.8) is 0 Å². The molecule has 2 aromatic rings. The van der Waals surface area contributed by atoms with E-state index in [1.54, 1.807) is 12.1 Å². The Hall–Kier alpha value is -0.540. The van der Waals surface area contributed by atoms with Crippen molar-refractivity contribution >= 4 is 46.4 Å². The van der Waals surface area contributed by atoms with Gasteiger partial charge < -0.3 is 0 Å². The first kappa shape index (κ1) is 11.9. The zero-order valence-corrected chi connectivity index (χ0v) is 10.7. The quantitative estimate of drug-likeness (QED) is 0.709. The van der Waals surface area contributed by atoms with E-state index in [-0.39, 0.29) is 15.3 Å². The van der Waals surface area contributed by atoms with Crippen LogP contribution >= 0.6 is 46.4 Å². The zero-order chi connectivity index (χ0) is 11.7. The third-order valence-corrected chi connectivity index (χ3v) is 3.31. The lowest BCUT2D eigenvalue weighted by molar-refractivity contribution is 1.18. The molecule has 0 unspecified atom stereocenters. The summed E-state index contributed by atoms with van der Waals surface area (Å²) in [5.74, 6) is 0.352. The van der Waals surface area contributed by atoms with Crippen LogP contribution in [0.1, 0.15) is 0 Å². The van der Waals surface area contributed by atoms with Crippen LogP contribution in [0.2, 0.25) is 20.4 Å². The molecule has 0 saturated heterocycles. The van der Waals surface area contributed by atoms with Gasteiger partial charge in [0.2, 0.25) is 0 Å². The number of halogens is 4. The van der Waals surface area contributed by atoms with Crippen LogP contribution in [-0.4, -0.2) is 9.97 Å². The number of rotatable bonds is 1. The van der Waals surface area contributed by atoms with Gasteiger partial charge in [-0.2, -0.15) is 0 Å². The van der Waals surface area contributed by atoms with E-state index < -0.39 is 0 Å². The number of benzene rings is 1. The van der Waals surface area contributed by atoms with Gasteiger partial charge in [0, 0.05) is 5.56 Å². The van der Waals surface area contributed by atoms with Crippen LogP contribution in [0, 0.1) is 0 Å². The summed E-state index contributed by atoms with van der Waals surface area (Å²) in [7, 11) is 0. The summed E-state index contributed by atoms with van der Waals surface area (Å²) in [5, 5.41) is 0.879. The van der Waals surface area contributed by atoms with Gasteiger partial charge in [0.05, 0.1) is 5.02 Å². The fraction of sp³-hybridized carbons (Fsp3) is 0. The number of aromatic nitrogens is 2. The normalized spacial score (nSPS) is 10.5. The predicted molar refractivity (Wildman–Crippen MR) is 67.5 cm³/mol. The SMILES string of the molecule is Clc1ccccc1-c1nc(Cl)c(Cl)c(Cl)n1. The highest BCUT2D eigenvalue weighted by molar-refractivity contribution is 6.47. The van der Waals surface area contributed by atoms with Gasteiger partial charge in [-0.25, -0.2) is 9.97 Å². The van der Waals surface area contributed by atoms with Gasteiger partial charge in [0.25, 0.3) is 0 Å². The molecule has 82 valence electrons. The van der Waals surface area contributed by atoms with Crippen molar-refractivity contribution < 1.29 is 0 Å². The first-order valence-corrected chi connectivity index (χ1v) is 5.74. The lowest BCUT2D eigenvalue weighted by Gasteiger charge is -2.04. The van der Waals surface area contributed by atoms with Crippen LogP contribution in [0.3, 0.4) is 0 Å². The molecule has 0 N–H and O–H groups in total. The summed E-state index contributed by atoms with van der Waals surface area (Å²) in [6.45, 7) is 0. The molecule has 2 nitrogen and oxygen atoms in total. The molecule has 0 radical (unpaired) electrons. The first-order chi connectivity index (χ1) is 7.59. The fourth-order valence-electron chi connectivity index (χ4n) is 1.16. The van der Waals surface area contributed by atoms with Crippen LogP contribution in [0.15, 0.2) is 24.3 Å². The second-order valence-corrected chi connectivity index (χ2v) is 4.42. The van der Waals surface area contributed by atoms with Gasteiger partial charge in [0.1, 0.15) is 5.02 Å². The van der Waals surface area contributed by atoms with Crippen LogP contribution < -0.4 is 0 Å². The molecule has 2 rings (SSSR count). The minimum atomic E-state index is 0.108. The molecule has 0 aliphatic heterocycles. The van der Waals surface area contributed by atoms with Crippen molar-refractivity contribution in [1.29, 1.82) is 0 Å². The molecule has 6 heteroatoms. The second-order valence-electron chi connectivity index (χ2n) is 2.92. The molecule has 0 fully saturated rings. The Bertz CT molecular complexity index is 519. The number of nitrogens with zero attached hydrogens (tertiary/aromatic N) is 2. The zero-order valence-electron chi connectivity index (χ0n) is 7.72.